The van der Waals surface area contributed by atoms with Gasteiger partial charge in [-0.3, -0.25) is 4.79 Å². The summed E-state index contributed by atoms with van der Waals surface area (Å²) in [5.41, 5.74) is 3.18. The predicted molar refractivity (Wildman–Crippen MR) is 99.9 cm³/mol. The molecule has 26 heavy (non-hydrogen) atoms. The van der Waals surface area contributed by atoms with E-state index in [9.17, 15) is 4.79 Å². The van der Waals surface area contributed by atoms with Crippen LogP contribution in [0, 0.1) is 0 Å². The number of benzene rings is 1. The zero-order valence-electron chi connectivity index (χ0n) is 14.1. The molecule has 1 amide bonds. The molecule has 0 bridgehead atoms. The van der Waals surface area contributed by atoms with Crippen LogP contribution in [0.3, 0.4) is 0 Å². The zero-order chi connectivity index (χ0) is 17.7. The van der Waals surface area contributed by atoms with Crippen molar-refractivity contribution in [3.63, 3.8) is 0 Å². The van der Waals surface area contributed by atoms with Crippen LogP contribution in [0.25, 0.3) is 5.69 Å². The van der Waals surface area contributed by atoms with Crippen LogP contribution in [0.2, 0.25) is 5.02 Å². The lowest BCUT2D eigenvalue weighted by molar-refractivity contribution is 0.0644. The van der Waals surface area contributed by atoms with Crippen molar-refractivity contribution in [3.8, 4) is 5.69 Å². The summed E-state index contributed by atoms with van der Waals surface area (Å²) in [6.07, 6.45) is 5.29. The van der Waals surface area contributed by atoms with E-state index >= 15 is 0 Å². The normalized spacial score (nSPS) is 17.5. The first kappa shape index (κ1) is 15.6. The second-order valence-electron chi connectivity index (χ2n) is 6.90. The number of furan rings is 1. The van der Waals surface area contributed by atoms with Crippen molar-refractivity contribution >= 4 is 23.2 Å². The highest BCUT2D eigenvalue weighted by Gasteiger charge is 2.42. The van der Waals surface area contributed by atoms with Crippen LogP contribution in [0.4, 0.5) is 5.69 Å². The predicted octanol–water partition coefficient (Wildman–Crippen LogP) is 4.28. The summed E-state index contributed by atoms with van der Waals surface area (Å²) in [6, 6.07) is 13.6. The van der Waals surface area contributed by atoms with Gasteiger partial charge >= 0.3 is 0 Å². The molecular weight excluding hydrogens is 350 g/mol. The Kier molecular flexibility index (Phi) is 3.40. The number of halogens is 1. The van der Waals surface area contributed by atoms with Gasteiger partial charge in [0.1, 0.15) is 0 Å². The zero-order valence-corrected chi connectivity index (χ0v) is 14.9. The Bertz CT molecular complexity index is 969. The van der Waals surface area contributed by atoms with Gasteiger partial charge in [-0.25, -0.2) is 0 Å². The molecule has 5 rings (SSSR count). The van der Waals surface area contributed by atoms with E-state index in [1.165, 1.54) is 12.0 Å². The molecule has 0 unspecified atom stereocenters. The van der Waals surface area contributed by atoms with Gasteiger partial charge in [0.25, 0.3) is 5.91 Å². The minimum absolute atomic E-state index is 0.0387. The summed E-state index contributed by atoms with van der Waals surface area (Å²) < 4.78 is 7.47. The number of aromatic nitrogens is 1. The Balaban J connectivity index is 1.45. The van der Waals surface area contributed by atoms with Crippen LogP contribution in [-0.2, 0) is 5.54 Å². The van der Waals surface area contributed by atoms with Gasteiger partial charge in [0.05, 0.1) is 23.2 Å². The summed E-state index contributed by atoms with van der Waals surface area (Å²) in [4.78, 5) is 14.4. The van der Waals surface area contributed by atoms with Gasteiger partial charge in [0, 0.05) is 30.0 Å². The molecule has 0 radical (unpaired) electrons. The molecule has 1 fully saturated rings. The SMILES string of the molecule is O=C(c1ccco1)N1CCC2(CC1)Nc1ccc(Cl)cc1-n1cccc12. The molecule has 132 valence electrons. The largest absolute Gasteiger partial charge is 0.459 e. The third kappa shape index (κ3) is 2.27. The molecule has 1 aromatic carbocycles. The Morgan fingerprint density at radius 3 is 2.77 bits per heavy atom. The maximum atomic E-state index is 12.6. The molecule has 5 nitrogen and oxygen atoms in total. The van der Waals surface area contributed by atoms with Gasteiger partial charge in [-0.1, -0.05) is 11.6 Å². The standard InChI is InChI=1S/C20H18ClN3O2/c21-14-5-6-15-16(13-14)24-9-1-4-18(24)20(22-15)7-10-23(11-8-20)19(25)17-3-2-12-26-17/h1-6,9,12-13,22H,7-8,10-11H2. The fourth-order valence-electron chi connectivity index (χ4n) is 4.14. The Hall–Kier alpha value is -2.66. The molecule has 4 heterocycles. The number of hydrogen-bond acceptors (Lipinski definition) is 3. The summed E-state index contributed by atoms with van der Waals surface area (Å²) >= 11 is 6.20. The Labute approximate surface area is 156 Å². The summed E-state index contributed by atoms with van der Waals surface area (Å²) in [5, 5.41) is 4.46. The lowest BCUT2D eigenvalue weighted by atomic mass is 9.82. The van der Waals surface area contributed by atoms with E-state index in [0.717, 1.165) is 29.2 Å². The van der Waals surface area contributed by atoms with Crippen LogP contribution in [0.1, 0.15) is 29.1 Å². The van der Waals surface area contributed by atoms with E-state index in [2.05, 4.69) is 28.2 Å². The molecule has 1 spiro atoms. The minimum Gasteiger partial charge on any atom is -0.459 e. The van der Waals surface area contributed by atoms with Crippen molar-refractivity contribution in [1.29, 1.82) is 0 Å². The van der Waals surface area contributed by atoms with Crippen LogP contribution in [-0.4, -0.2) is 28.5 Å². The molecule has 2 aliphatic rings. The molecule has 3 aromatic rings. The first-order valence-corrected chi connectivity index (χ1v) is 9.13. The number of piperidine rings is 1. The van der Waals surface area contributed by atoms with Crippen LogP contribution in [0.5, 0.6) is 0 Å². The number of amides is 1. The van der Waals surface area contributed by atoms with Crippen molar-refractivity contribution in [3.05, 3.63) is 71.4 Å². The number of carbonyl (C=O) groups is 1. The van der Waals surface area contributed by atoms with Crippen molar-refractivity contribution in [2.24, 2.45) is 0 Å². The van der Waals surface area contributed by atoms with Gasteiger partial charge in [-0.05, 0) is 55.3 Å². The van der Waals surface area contributed by atoms with E-state index < -0.39 is 0 Å². The maximum Gasteiger partial charge on any atom is 0.289 e. The van der Waals surface area contributed by atoms with Crippen molar-refractivity contribution < 1.29 is 9.21 Å². The number of likely N-dealkylation sites (tertiary alicyclic amines) is 1. The van der Waals surface area contributed by atoms with E-state index in [1.54, 1.807) is 12.1 Å². The van der Waals surface area contributed by atoms with Crippen LogP contribution in [0.15, 0.2) is 59.3 Å². The van der Waals surface area contributed by atoms with E-state index in [0.29, 0.717) is 18.8 Å². The van der Waals surface area contributed by atoms with Gasteiger partial charge in [0.2, 0.25) is 0 Å². The fourth-order valence-corrected chi connectivity index (χ4v) is 4.31. The molecule has 1 N–H and O–H groups in total. The average Bonchev–Trinajstić information content (AvgIpc) is 3.35. The summed E-state index contributed by atoms with van der Waals surface area (Å²) in [6.45, 7) is 1.36. The maximum absolute atomic E-state index is 12.6. The van der Waals surface area contributed by atoms with Gasteiger partial charge in [0.15, 0.2) is 5.76 Å². The smallest absolute Gasteiger partial charge is 0.289 e. The minimum atomic E-state index is -0.176. The molecule has 0 aliphatic carbocycles. The number of nitrogens with one attached hydrogen (secondary N) is 1. The molecule has 2 aliphatic heterocycles. The van der Waals surface area contributed by atoms with Gasteiger partial charge in [-0.2, -0.15) is 0 Å². The third-order valence-electron chi connectivity index (χ3n) is 5.47. The second-order valence-corrected chi connectivity index (χ2v) is 7.34. The van der Waals surface area contributed by atoms with Crippen LogP contribution < -0.4 is 5.32 Å². The monoisotopic (exact) mass is 367 g/mol. The highest BCUT2D eigenvalue weighted by molar-refractivity contribution is 6.30. The highest BCUT2D eigenvalue weighted by Crippen LogP contribution is 2.44. The fraction of sp³-hybridized carbons (Fsp3) is 0.250. The van der Waals surface area contributed by atoms with E-state index in [1.807, 2.05) is 23.1 Å². The lowest BCUT2D eigenvalue weighted by Crippen LogP contribution is -2.51. The Morgan fingerprint density at radius 1 is 1.15 bits per heavy atom. The highest BCUT2D eigenvalue weighted by atomic mass is 35.5. The first-order chi connectivity index (χ1) is 12.7. The van der Waals surface area contributed by atoms with Crippen molar-refractivity contribution in [2.45, 2.75) is 18.4 Å². The number of fused-ring (bicyclic) bond motifs is 4. The third-order valence-corrected chi connectivity index (χ3v) is 5.70. The molecule has 0 atom stereocenters. The molecular formula is C20H18ClN3O2. The lowest BCUT2D eigenvalue weighted by Gasteiger charge is -2.46. The quantitative estimate of drug-likeness (QED) is 0.698. The van der Waals surface area contributed by atoms with Gasteiger partial charge in [-0.15, -0.1) is 0 Å². The number of nitrogens with zero attached hydrogens (tertiary/aromatic N) is 2. The topological polar surface area (TPSA) is 50.4 Å². The molecule has 1 saturated heterocycles. The van der Waals surface area contributed by atoms with Gasteiger partial charge < -0.3 is 19.2 Å². The number of carbonyl (C=O) groups excluding carboxylic acids is 1. The number of anilines is 1. The van der Waals surface area contributed by atoms with E-state index in [-0.39, 0.29) is 11.4 Å². The Morgan fingerprint density at radius 2 is 2.00 bits per heavy atom. The average molecular weight is 368 g/mol. The van der Waals surface area contributed by atoms with Crippen molar-refractivity contribution in [2.75, 3.05) is 18.4 Å². The molecule has 6 heteroatoms. The second kappa shape index (κ2) is 5.68. The number of rotatable bonds is 1. The summed E-state index contributed by atoms with van der Waals surface area (Å²) in [5.74, 6) is 0.365. The molecule has 2 aromatic heterocycles. The van der Waals surface area contributed by atoms with E-state index in [4.69, 9.17) is 16.0 Å². The van der Waals surface area contributed by atoms with Crippen molar-refractivity contribution in [1.82, 2.24) is 9.47 Å². The number of hydrogen-bond donors (Lipinski definition) is 1. The first-order valence-electron chi connectivity index (χ1n) is 8.75. The molecule has 0 saturated carbocycles. The van der Waals surface area contributed by atoms with Crippen LogP contribution >= 0.6 is 11.6 Å². The summed E-state index contributed by atoms with van der Waals surface area (Å²) in [7, 11) is 0.